The standard InChI is InChI=1S/C19H28BrN5O2/c1-2-22-19(25-11-3-4-14(13-25)12-17(21)26)23-10-9-18(27)24-16-7-5-15(20)6-8-16/h5-8,14H,2-4,9-13H2,1H3,(H2,21,26)(H,22,23)(H,24,27). The number of nitrogens with zero attached hydrogens (tertiary/aromatic N) is 2. The second-order valence-corrected chi connectivity index (χ2v) is 7.58. The minimum Gasteiger partial charge on any atom is -0.370 e. The molecule has 1 saturated heterocycles. The van der Waals surface area contributed by atoms with Crippen LogP contribution in [-0.4, -0.2) is 48.9 Å². The lowest BCUT2D eigenvalue weighted by atomic mass is 9.95. The molecule has 7 nitrogen and oxygen atoms in total. The summed E-state index contributed by atoms with van der Waals surface area (Å²) in [4.78, 5) is 30.1. The highest BCUT2D eigenvalue weighted by molar-refractivity contribution is 9.10. The van der Waals surface area contributed by atoms with Crippen molar-refractivity contribution in [3.8, 4) is 0 Å². The lowest BCUT2D eigenvalue weighted by Crippen LogP contribution is -2.47. The fourth-order valence-corrected chi connectivity index (χ4v) is 3.42. The number of primary amides is 1. The van der Waals surface area contributed by atoms with E-state index in [0.717, 1.165) is 48.6 Å². The quantitative estimate of drug-likeness (QED) is 0.450. The highest BCUT2D eigenvalue weighted by atomic mass is 79.9. The van der Waals surface area contributed by atoms with Crippen LogP contribution in [0.5, 0.6) is 0 Å². The van der Waals surface area contributed by atoms with E-state index in [1.165, 1.54) is 0 Å². The van der Waals surface area contributed by atoms with Crippen molar-refractivity contribution in [2.24, 2.45) is 16.6 Å². The first-order valence-corrected chi connectivity index (χ1v) is 10.1. The van der Waals surface area contributed by atoms with E-state index in [2.05, 4.69) is 36.5 Å². The van der Waals surface area contributed by atoms with Crippen LogP contribution in [-0.2, 0) is 9.59 Å². The van der Waals surface area contributed by atoms with Crippen LogP contribution in [0.25, 0.3) is 0 Å². The molecule has 1 aliphatic heterocycles. The minimum atomic E-state index is -0.256. The number of guanidine groups is 1. The Bertz CT molecular complexity index is 663. The fraction of sp³-hybridized carbons (Fsp3) is 0.526. The topological polar surface area (TPSA) is 99.8 Å². The van der Waals surface area contributed by atoms with Crippen LogP contribution in [0.15, 0.2) is 33.7 Å². The Balaban J connectivity index is 1.87. The monoisotopic (exact) mass is 437 g/mol. The Morgan fingerprint density at radius 1 is 1.33 bits per heavy atom. The van der Waals surface area contributed by atoms with E-state index in [4.69, 9.17) is 5.73 Å². The van der Waals surface area contributed by atoms with Gasteiger partial charge in [0, 0.05) is 42.6 Å². The van der Waals surface area contributed by atoms with Crippen molar-refractivity contribution in [1.29, 1.82) is 0 Å². The zero-order valence-electron chi connectivity index (χ0n) is 15.7. The van der Waals surface area contributed by atoms with Crippen molar-refractivity contribution in [3.63, 3.8) is 0 Å². The van der Waals surface area contributed by atoms with Crippen LogP contribution >= 0.6 is 15.9 Å². The van der Waals surface area contributed by atoms with Crippen LogP contribution < -0.4 is 16.4 Å². The zero-order chi connectivity index (χ0) is 19.6. The van der Waals surface area contributed by atoms with Crippen molar-refractivity contribution in [3.05, 3.63) is 28.7 Å². The van der Waals surface area contributed by atoms with Gasteiger partial charge in [0.25, 0.3) is 0 Å². The van der Waals surface area contributed by atoms with Crippen LogP contribution in [0.2, 0.25) is 0 Å². The van der Waals surface area contributed by atoms with Gasteiger partial charge in [0.15, 0.2) is 5.96 Å². The maximum atomic E-state index is 12.1. The maximum absolute atomic E-state index is 12.1. The van der Waals surface area contributed by atoms with Crippen LogP contribution in [0.1, 0.15) is 32.6 Å². The van der Waals surface area contributed by atoms with Crippen molar-refractivity contribution in [2.45, 2.75) is 32.6 Å². The third-order valence-electron chi connectivity index (χ3n) is 4.37. The van der Waals surface area contributed by atoms with Gasteiger partial charge in [-0.25, -0.2) is 0 Å². The molecule has 0 radical (unpaired) electrons. The first kappa shape index (κ1) is 21.2. The van der Waals surface area contributed by atoms with Gasteiger partial charge in [0.05, 0.1) is 6.54 Å². The number of aliphatic imine (C=N–C) groups is 1. The Labute approximate surface area is 168 Å². The number of nitrogens with two attached hydrogens (primary N) is 1. The van der Waals surface area contributed by atoms with Crippen LogP contribution in [0.4, 0.5) is 5.69 Å². The number of piperidine rings is 1. The van der Waals surface area contributed by atoms with E-state index in [9.17, 15) is 9.59 Å². The number of anilines is 1. The summed E-state index contributed by atoms with van der Waals surface area (Å²) in [5, 5.41) is 6.15. The first-order valence-electron chi connectivity index (χ1n) is 9.35. The number of nitrogens with one attached hydrogen (secondary N) is 2. The summed E-state index contributed by atoms with van der Waals surface area (Å²) >= 11 is 3.37. The van der Waals surface area contributed by atoms with E-state index in [1.807, 2.05) is 31.2 Å². The molecular weight excluding hydrogens is 410 g/mol. The molecule has 148 valence electrons. The Morgan fingerprint density at radius 3 is 2.74 bits per heavy atom. The lowest BCUT2D eigenvalue weighted by Gasteiger charge is -2.34. The first-order chi connectivity index (χ1) is 13.0. The average molecular weight is 438 g/mol. The molecule has 1 aliphatic rings. The molecule has 0 spiro atoms. The normalized spacial score (nSPS) is 17.5. The van der Waals surface area contributed by atoms with Crippen molar-refractivity contribution in [1.82, 2.24) is 10.2 Å². The molecule has 0 aliphatic carbocycles. The van der Waals surface area contributed by atoms with E-state index >= 15 is 0 Å². The van der Waals surface area contributed by atoms with Crippen molar-refractivity contribution < 1.29 is 9.59 Å². The number of likely N-dealkylation sites (tertiary alicyclic amines) is 1. The summed E-state index contributed by atoms with van der Waals surface area (Å²) in [7, 11) is 0. The summed E-state index contributed by atoms with van der Waals surface area (Å²) in [6, 6.07) is 7.47. The summed E-state index contributed by atoms with van der Waals surface area (Å²) in [6.45, 7) is 4.83. The number of amides is 2. The van der Waals surface area contributed by atoms with Gasteiger partial charge in [0.1, 0.15) is 0 Å². The molecule has 27 heavy (non-hydrogen) atoms. The molecule has 1 heterocycles. The summed E-state index contributed by atoms with van der Waals surface area (Å²) < 4.78 is 0.969. The summed E-state index contributed by atoms with van der Waals surface area (Å²) in [5.41, 5.74) is 6.11. The number of hydrogen-bond donors (Lipinski definition) is 3. The third-order valence-corrected chi connectivity index (χ3v) is 4.90. The van der Waals surface area contributed by atoms with E-state index < -0.39 is 0 Å². The average Bonchev–Trinajstić information content (AvgIpc) is 2.62. The molecular formula is C19H28BrN5O2. The van der Waals surface area contributed by atoms with E-state index in [-0.39, 0.29) is 17.7 Å². The maximum Gasteiger partial charge on any atom is 0.226 e. The summed E-state index contributed by atoms with van der Waals surface area (Å²) in [6.07, 6.45) is 2.73. The third kappa shape index (κ3) is 7.58. The SMILES string of the molecule is CCNC(=NCCC(=O)Nc1ccc(Br)cc1)N1CCCC(CC(N)=O)C1. The van der Waals surface area contributed by atoms with E-state index in [0.29, 0.717) is 19.4 Å². The molecule has 8 heteroatoms. The van der Waals surface area contributed by atoms with Gasteiger partial charge in [-0.1, -0.05) is 15.9 Å². The summed E-state index contributed by atoms with van der Waals surface area (Å²) in [5.74, 6) is 0.736. The number of halogens is 1. The zero-order valence-corrected chi connectivity index (χ0v) is 17.3. The molecule has 0 aromatic heterocycles. The van der Waals surface area contributed by atoms with Crippen molar-refractivity contribution in [2.75, 3.05) is 31.5 Å². The number of hydrogen-bond acceptors (Lipinski definition) is 3. The number of rotatable bonds is 7. The van der Waals surface area contributed by atoms with Gasteiger partial charge in [0.2, 0.25) is 11.8 Å². The molecule has 1 atom stereocenters. The number of benzene rings is 1. The number of carbonyl (C=O) groups is 2. The second kappa shape index (κ2) is 10.9. The molecule has 1 unspecified atom stereocenters. The highest BCUT2D eigenvalue weighted by Gasteiger charge is 2.23. The van der Waals surface area contributed by atoms with Gasteiger partial charge in [-0.2, -0.15) is 0 Å². The molecule has 0 bridgehead atoms. The van der Waals surface area contributed by atoms with Gasteiger partial charge < -0.3 is 21.3 Å². The fourth-order valence-electron chi connectivity index (χ4n) is 3.15. The van der Waals surface area contributed by atoms with Gasteiger partial charge in [-0.15, -0.1) is 0 Å². The smallest absolute Gasteiger partial charge is 0.226 e. The highest BCUT2D eigenvalue weighted by Crippen LogP contribution is 2.19. The Hall–Kier alpha value is -2.09. The predicted octanol–water partition coefficient (Wildman–Crippen LogP) is 2.33. The van der Waals surface area contributed by atoms with Gasteiger partial charge in [-0.05, 0) is 49.9 Å². The molecule has 1 aromatic rings. The van der Waals surface area contributed by atoms with E-state index in [1.54, 1.807) is 0 Å². The second-order valence-electron chi connectivity index (χ2n) is 6.67. The molecule has 0 saturated carbocycles. The molecule has 2 amide bonds. The minimum absolute atomic E-state index is 0.0674. The van der Waals surface area contributed by atoms with Crippen LogP contribution in [0.3, 0.4) is 0 Å². The van der Waals surface area contributed by atoms with Gasteiger partial charge in [-0.3, -0.25) is 14.6 Å². The molecule has 4 N–H and O–H groups in total. The lowest BCUT2D eigenvalue weighted by molar-refractivity contribution is -0.119. The Morgan fingerprint density at radius 2 is 2.07 bits per heavy atom. The molecule has 2 rings (SSSR count). The number of carbonyl (C=O) groups excluding carboxylic acids is 2. The van der Waals surface area contributed by atoms with Crippen LogP contribution in [0, 0.1) is 5.92 Å². The largest absolute Gasteiger partial charge is 0.370 e. The predicted molar refractivity (Wildman–Crippen MR) is 111 cm³/mol. The molecule has 1 aromatic carbocycles. The Kier molecular flexibility index (Phi) is 8.57. The molecule has 1 fully saturated rings. The van der Waals surface area contributed by atoms with Crippen molar-refractivity contribution >= 4 is 39.4 Å². The van der Waals surface area contributed by atoms with Gasteiger partial charge >= 0.3 is 0 Å².